The molecule has 1 aromatic carbocycles. The molecule has 0 spiro atoms. The van der Waals surface area contributed by atoms with Gasteiger partial charge in [0.25, 0.3) is 0 Å². The maximum atomic E-state index is 6.27. The average molecular weight is 316 g/mol. The normalized spacial score (nSPS) is 13.1. The van der Waals surface area contributed by atoms with Crippen molar-refractivity contribution < 1.29 is 14.2 Å². The largest absolute Gasteiger partial charge is 0.493 e. The topological polar surface area (TPSA) is 39.7 Å². The number of hydrogen-bond donors (Lipinski definition) is 1. The van der Waals surface area contributed by atoms with Crippen molar-refractivity contribution in [2.24, 2.45) is 0 Å². The Labute approximate surface area is 132 Å². The van der Waals surface area contributed by atoms with Crippen LogP contribution in [0.15, 0.2) is 12.1 Å². The lowest BCUT2D eigenvalue weighted by Gasteiger charge is -2.26. The van der Waals surface area contributed by atoms with E-state index in [4.69, 9.17) is 25.8 Å². The molecule has 0 aliphatic heterocycles. The second kappa shape index (κ2) is 7.87. The number of halogens is 1. The molecule has 0 aromatic heterocycles. The van der Waals surface area contributed by atoms with E-state index in [0.29, 0.717) is 16.5 Å². The van der Waals surface area contributed by atoms with Crippen LogP contribution in [0.3, 0.4) is 0 Å². The van der Waals surface area contributed by atoms with Crippen LogP contribution in [0.1, 0.15) is 38.3 Å². The molecule has 0 amide bonds. The van der Waals surface area contributed by atoms with E-state index >= 15 is 0 Å². The number of ether oxygens (including phenoxy) is 3. The molecule has 0 aliphatic rings. The van der Waals surface area contributed by atoms with Crippen LogP contribution in [0.4, 0.5) is 0 Å². The summed E-state index contributed by atoms with van der Waals surface area (Å²) >= 11 is 6.27. The molecule has 5 heteroatoms. The van der Waals surface area contributed by atoms with E-state index in [1.165, 1.54) is 0 Å². The molecule has 1 N–H and O–H groups in total. The highest BCUT2D eigenvalue weighted by molar-refractivity contribution is 6.32. The highest BCUT2D eigenvalue weighted by Gasteiger charge is 2.21. The van der Waals surface area contributed by atoms with E-state index < -0.39 is 0 Å². The summed E-state index contributed by atoms with van der Waals surface area (Å²) in [7, 11) is 6.87. The van der Waals surface area contributed by atoms with Crippen molar-refractivity contribution in [1.29, 1.82) is 0 Å². The van der Waals surface area contributed by atoms with Crippen LogP contribution in [0.25, 0.3) is 0 Å². The first kappa shape index (κ1) is 18.1. The van der Waals surface area contributed by atoms with Gasteiger partial charge in [-0.15, -0.1) is 0 Å². The molecule has 120 valence electrons. The Balaban J connectivity index is 2.98. The van der Waals surface area contributed by atoms with Crippen molar-refractivity contribution in [2.45, 2.75) is 38.3 Å². The molecule has 1 atom stereocenters. The van der Waals surface area contributed by atoms with Gasteiger partial charge in [-0.3, -0.25) is 0 Å². The Morgan fingerprint density at radius 2 is 1.86 bits per heavy atom. The Bertz CT molecular complexity index is 463. The van der Waals surface area contributed by atoms with E-state index in [9.17, 15) is 0 Å². The number of nitrogens with one attached hydrogen (secondary N) is 1. The highest BCUT2D eigenvalue weighted by atomic mass is 35.5. The van der Waals surface area contributed by atoms with Crippen LogP contribution in [-0.4, -0.2) is 34.0 Å². The van der Waals surface area contributed by atoms with E-state index in [-0.39, 0.29) is 11.6 Å². The SMILES string of the molecule is CNC(CCC(C)(C)OC)c1cc(Cl)c(OC)c(OC)c1. The zero-order valence-corrected chi connectivity index (χ0v) is 14.5. The van der Waals surface area contributed by atoms with Gasteiger partial charge in [0.05, 0.1) is 24.8 Å². The van der Waals surface area contributed by atoms with Crippen molar-refractivity contribution in [3.05, 3.63) is 22.7 Å². The lowest BCUT2D eigenvalue weighted by atomic mass is 9.94. The smallest absolute Gasteiger partial charge is 0.179 e. The third-order valence-corrected chi connectivity index (χ3v) is 4.08. The predicted molar refractivity (Wildman–Crippen MR) is 86.7 cm³/mol. The summed E-state index contributed by atoms with van der Waals surface area (Å²) in [5.74, 6) is 1.21. The first-order valence-corrected chi connectivity index (χ1v) is 7.40. The molecule has 0 radical (unpaired) electrons. The summed E-state index contributed by atoms with van der Waals surface area (Å²) in [4.78, 5) is 0. The van der Waals surface area contributed by atoms with Gasteiger partial charge in [0.15, 0.2) is 11.5 Å². The fourth-order valence-corrected chi connectivity index (χ4v) is 2.51. The Morgan fingerprint density at radius 1 is 1.19 bits per heavy atom. The molecule has 1 aromatic rings. The quantitative estimate of drug-likeness (QED) is 0.791. The molecule has 0 saturated carbocycles. The van der Waals surface area contributed by atoms with Crippen LogP contribution in [0.2, 0.25) is 5.02 Å². The van der Waals surface area contributed by atoms with Gasteiger partial charge >= 0.3 is 0 Å². The van der Waals surface area contributed by atoms with Gasteiger partial charge in [-0.2, -0.15) is 0 Å². The van der Waals surface area contributed by atoms with Gasteiger partial charge in [-0.25, -0.2) is 0 Å². The second-order valence-corrected chi connectivity index (χ2v) is 5.99. The Hall–Kier alpha value is -0.970. The van der Waals surface area contributed by atoms with Crippen molar-refractivity contribution in [2.75, 3.05) is 28.4 Å². The Kier molecular flexibility index (Phi) is 6.78. The summed E-state index contributed by atoms with van der Waals surface area (Å²) in [6.07, 6.45) is 1.87. The molecule has 0 aliphatic carbocycles. The highest BCUT2D eigenvalue weighted by Crippen LogP contribution is 2.38. The van der Waals surface area contributed by atoms with Crippen LogP contribution in [0, 0.1) is 0 Å². The molecular formula is C16H26ClNO3. The van der Waals surface area contributed by atoms with Crippen molar-refractivity contribution in [3.63, 3.8) is 0 Å². The minimum Gasteiger partial charge on any atom is -0.493 e. The molecule has 21 heavy (non-hydrogen) atoms. The zero-order valence-electron chi connectivity index (χ0n) is 13.7. The fourth-order valence-electron chi connectivity index (χ4n) is 2.21. The summed E-state index contributed by atoms with van der Waals surface area (Å²) in [6.45, 7) is 4.17. The first-order chi connectivity index (χ1) is 9.88. The van der Waals surface area contributed by atoms with E-state index in [2.05, 4.69) is 19.2 Å². The molecule has 0 heterocycles. The lowest BCUT2D eigenvalue weighted by molar-refractivity contribution is 0.0118. The molecule has 1 unspecified atom stereocenters. The van der Waals surface area contributed by atoms with Crippen LogP contribution in [-0.2, 0) is 4.74 Å². The maximum Gasteiger partial charge on any atom is 0.179 e. The fraction of sp³-hybridized carbons (Fsp3) is 0.625. The van der Waals surface area contributed by atoms with Crippen LogP contribution in [0.5, 0.6) is 11.5 Å². The third-order valence-electron chi connectivity index (χ3n) is 3.79. The van der Waals surface area contributed by atoms with Gasteiger partial charge in [-0.1, -0.05) is 11.6 Å². The molecule has 0 saturated heterocycles. The molecule has 1 rings (SSSR count). The summed E-state index contributed by atoms with van der Waals surface area (Å²) in [6, 6.07) is 4.06. The van der Waals surface area contributed by atoms with E-state index in [0.717, 1.165) is 18.4 Å². The molecule has 0 bridgehead atoms. The molecule has 0 fully saturated rings. The summed E-state index contributed by atoms with van der Waals surface area (Å²) < 4.78 is 16.1. The standard InChI is InChI=1S/C16H26ClNO3/c1-16(2,21-6)8-7-13(18-3)11-9-12(17)15(20-5)14(10-11)19-4/h9-10,13,18H,7-8H2,1-6H3. The van der Waals surface area contributed by atoms with Gasteiger partial charge in [0.2, 0.25) is 0 Å². The van der Waals surface area contributed by atoms with Crippen molar-refractivity contribution in [1.82, 2.24) is 5.32 Å². The summed E-state index contributed by atoms with van der Waals surface area (Å²) in [5, 5.41) is 3.87. The van der Waals surface area contributed by atoms with Crippen LogP contribution < -0.4 is 14.8 Å². The number of methoxy groups -OCH3 is 3. The minimum absolute atomic E-state index is 0.143. The lowest BCUT2D eigenvalue weighted by Crippen LogP contribution is -2.26. The van der Waals surface area contributed by atoms with Gasteiger partial charge in [-0.05, 0) is 51.4 Å². The van der Waals surface area contributed by atoms with E-state index in [1.54, 1.807) is 21.3 Å². The number of rotatable bonds is 8. The average Bonchev–Trinajstić information content (AvgIpc) is 2.47. The van der Waals surface area contributed by atoms with Gasteiger partial charge in [0.1, 0.15) is 0 Å². The van der Waals surface area contributed by atoms with Gasteiger partial charge in [0, 0.05) is 13.2 Å². The Morgan fingerprint density at radius 3 is 2.33 bits per heavy atom. The number of hydrogen-bond acceptors (Lipinski definition) is 4. The van der Waals surface area contributed by atoms with Gasteiger partial charge < -0.3 is 19.5 Å². The monoisotopic (exact) mass is 315 g/mol. The van der Waals surface area contributed by atoms with Crippen LogP contribution >= 0.6 is 11.6 Å². The summed E-state index contributed by atoms with van der Waals surface area (Å²) in [5.41, 5.74) is 0.933. The molecular weight excluding hydrogens is 290 g/mol. The van der Waals surface area contributed by atoms with Crippen molar-refractivity contribution >= 4 is 11.6 Å². The van der Waals surface area contributed by atoms with E-state index in [1.807, 2.05) is 19.2 Å². The first-order valence-electron chi connectivity index (χ1n) is 7.02. The predicted octanol–water partition coefficient (Wildman–Crippen LogP) is 3.82. The zero-order chi connectivity index (χ0) is 16.0. The molecule has 4 nitrogen and oxygen atoms in total. The van der Waals surface area contributed by atoms with Crippen molar-refractivity contribution in [3.8, 4) is 11.5 Å². The maximum absolute atomic E-state index is 6.27. The number of benzene rings is 1. The minimum atomic E-state index is -0.143. The second-order valence-electron chi connectivity index (χ2n) is 5.58. The third kappa shape index (κ3) is 4.77.